The second-order valence-corrected chi connectivity index (χ2v) is 7.67. The van der Waals surface area contributed by atoms with Crippen molar-refractivity contribution in [1.29, 1.82) is 0 Å². The molecule has 3 aliphatic rings. The number of rotatable bonds is 4. The fourth-order valence-corrected chi connectivity index (χ4v) is 4.25. The van der Waals surface area contributed by atoms with Gasteiger partial charge in [-0.15, -0.1) is 0 Å². The number of hydrogen-bond acceptors (Lipinski definition) is 6. The van der Waals surface area contributed by atoms with Gasteiger partial charge in [0.1, 0.15) is 6.10 Å². The minimum absolute atomic E-state index is 0.0155. The first-order valence-corrected chi connectivity index (χ1v) is 10.1. The number of fused-ring (bicyclic) bond motifs is 1. The number of carbonyl (C=O) groups excluding carboxylic acids is 2. The predicted octanol–water partition coefficient (Wildman–Crippen LogP) is 0.0751. The lowest BCUT2D eigenvalue weighted by Gasteiger charge is -2.45. The van der Waals surface area contributed by atoms with Crippen LogP contribution in [-0.4, -0.2) is 85.7 Å². The summed E-state index contributed by atoms with van der Waals surface area (Å²) in [5.41, 5.74) is 0. The molecule has 3 heterocycles. The molecule has 0 aromatic rings. The Morgan fingerprint density at radius 1 is 1.11 bits per heavy atom. The highest BCUT2D eigenvalue weighted by Crippen LogP contribution is 2.30. The first-order chi connectivity index (χ1) is 13.1. The number of hydrogen-bond donors (Lipinski definition) is 2. The normalized spacial score (nSPS) is 32.9. The van der Waals surface area contributed by atoms with Gasteiger partial charge in [-0.3, -0.25) is 9.59 Å². The van der Waals surface area contributed by atoms with E-state index < -0.39 is 6.10 Å². The van der Waals surface area contributed by atoms with E-state index in [1.807, 2.05) is 11.8 Å². The van der Waals surface area contributed by atoms with Crippen LogP contribution >= 0.6 is 0 Å². The maximum absolute atomic E-state index is 13.2. The van der Waals surface area contributed by atoms with Crippen LogP contribution in [0.1, 0.15) is 39.0 Å². The van der Waals surface area contributed by atoms with E-state index in [1.54, 1.807) is 0 Å². The molecular weight excluding hydrogens is 352 g/mol. The molecule has 154 valence electrons. The number of nitrogens with one attached hydrogen (secondary N) is 1. The molecular formula is C19H32N2O6. The topological polar surface area (TPSA) is 97.3 Å². The molecule has 8 heteroatoms. The van der Waals surface area contributed by atoms with E-state index in [2.05, 4.69) is 5.32 Å². The van der Waals surface area contributed by atoms with Crippen molar-refractivity contribution in [3.8, 4) is 0 Å². The summed E-state index contributed by atoms with van der Waals surface area (Å²) in [5, 5.41) is 13.0. The third-order valence-corrected chi connectivity index (χ3v) is 5.62. The molecule has 27 heavy (non-hydrogen) atoms. The maximum atomic E-state index is 13.2. The predicted molar refractivity (Wildman–Crippen MR) is 97.1 cm³/mol. The molecule has 0 aromatic heterocycles. The van der Waals surface area contributed by atoms with Crippen LogP contribution < -0.4 is 5.32 Å². The molecule has 0 bridgehead atoms. The molecule has 0 radical (unpaired) electrons. The largest absolute Gasteiger partial charge is 0.389 e. The van der Waals surface area contributed by atoms with E-state index >= 15 is 0 Å². The third kappa shape index (κ3) is 5.40. The zero-order valence-corrected chi connectivity index (χ0v) is 16.1. The van der Waals surface area contributed by atoms with Gasteiger partial charge in [0.15, 0.2) is 0 Å². The summed E-state index contributed by atoms with van der Waals surface area (Å²) in [7, 11) is 0. The first-order valence-electron chi connectivity index (χ1n) is 10.1. The van der Waals surface area contributed by atoms with Crippen LogP contribution in [0.2, 0.25) is 0 Å². The van der Waals surface area contributed by atoms with Gasteiger partial charge in [-0.1, -0.05) is 0 Å². The van der Waals surface area contributed by atoms with Gasteiger partial charge >= 0.3 is 0 Å². The van der Waals surface area contributed by atoms with Gasteiger partial charge in [0.05, 0.1) is 37.9 Å². The fourth-order valence-electron chi connectivity index (χ4n) is 4.25. The average Bonchev–Trinajstić information content (AvgIpc) is 2.65. The van der Waals surface area contributed by atoms with Gasteiger partial charge in [-0.2, -0.15) is 0 Å². The molecule has 2 amide bonds. The van der Waals surface area contributed by atoms with Crippen molar-refractivity contribution in [2.75, 3.05) is 39.5 Å². The van der Waals surface area contributed by atoms with Crippen molar-refractivity contribution in [2.45, 2.75) is 63.4 Å². The van der Waals surface area contributed by atoms with Crippen molar-refractivity contribution in [3.05, 3.63) is 0 Å². The number of amides is 2. The molecule has 3 fully saturated rings. The maximum Gasteiger partial charge on any atom is 0.226 e. The number of nitrogens with zero attached hydrogens (tertiary/aromatic N) is 1. The second-order valence-electron chi connectivity index (χ2n) is 7.67. The molecule has 2 N–H and O–H groups in total. The van der Waals surface area contributed by atoms with E-state index in [9.17, 15) is 14.7 Å². The molecule has 0 saturated carbocycles. The SMILES string of the molecule is CCNC(=O)C[C@H]1CC[C@H]2[C@@H](COC[C@@H](O)CN2C(=O)C2CCOCC2)O1. The summed E-state index contributed by atoms with van der Waals surface area (Å²) in [6, 6.07) is -0.124. The summed E-state index contributed by atoms with van der Waals surface area (Å²) in [6.07, 6.45) is 2.11. The van der Waals surface area contributed by atoms with Crippen molar-refractivity contribution >= 4 is 11.8 Å². The van der Waals surface area contributed by atoms with Crippen molar-refractivity contribution in [1.82, 2.24) is 10.2 Å². The highest BCUT2D eigenvalue weighted by atomic mass is 16.5. The zero-order chi connectivity index (χ0) is 19.2. The van der Waals surface area contributed by atoms with Crippen LogP contribution in [0.5, 0.6) is 0 Å². The number of β-amino-alcohol motifs (C(OH)–C–C–N with tert-alkyl or cyclic N) is 1. The fraction of sp³-hybridized carbons (Fsp3) is 0.895. The third-order valence-electron chi connectivity index (χ3n) is 5.62. The van der Waals surface area contributed by atoms with Gasteiger partial charge in [0, 0.05) is 32.2 Å². The van der Waals surface area contributed by atoms with Crippen LogP contribution in [0.4, 0.5) is 0 Å². The van der Waals surface area contributed by atoms with E-state index in [4.69, 9.17) is 14.2 Å². The highest BCUT2D eigenvalue weighted by Gasteiger charge is 2.41. The summed E-state index contributed by atoms with van der Waals surface area (Å²) in [5.74, 6) is 0.0123. The van der Waals surface area contributed by atoms with Crippen LogP contribution in [0.25, 0.3) is 0 Å². The van der Waals surface area contributed by atoms with Crippen LogP contribution in [-0.2, 0) is 23.8 Å². The van der Waals surface area contributed by atoms with E-state index in [-0.39, 0.29) is 49.1 Å². The Hall–Kier alpha value is -1.22. The van der Waals surface area contributed by atoms with Crippen molar-refractivity contribution in [2.24, 2.45) is 5.92 Å². The van der Waals surface area contributed by atoms with Gasteiger partial charge in [-0.05, 0) is 32.6 Å². The number of ether oxygens (including phenoxy) is 3. The van der Waals surface area contributed by atoms with Gasteiger partial charge in [0.25, 0.3) is 0 Å². The molecule has 3 rings (SSSR count). The first kappa shape index (κ1) is 20.5. The Balaban J connectivity index is 1.67. The minimum atomic E-state index is -0.692. The lowest BCUT2D eigenvalue weighted by atomic mass is 9.91. The molecule has 0 aromatic carbocycles. The zero-order valence-electron chi connectivity index (χ0n) is 16.1. The lowest BCUT2D eigenvalue weighted by Crippen LogP contribution is -2.58. The average molecular weight is 384 g/mol. The molecule has 0 spiro atoms. The molecule has 8 nitrogen and oxygen atoms in total. The number of carbonyl (C=O) groups is 2. The Kier molecular flexibility index (Phi) is 7.46. The quantitative estimate of drug-likeness (QED) is 0.712. The van der Waals surface area contributed by atoms with Crippen LogP contribution in [0.3, 0.4) is 0 Å². The van der Waals surface area contributed by atoms with Crippen molar-refractivity contribution < 1.29 is 28.9 Å². The molecule has 3 aliphatic heterocycles. The Morgan fingerprint density at radius 3 is 2.63 bits per heavy atom. The molecule has 4 atom stereocenters. The number of aliphatic hydroxyl groups excluding tert-OH is 1. The molecule has 0 aliphatic carbocycles. The Labute approximate surface area is 160 Å². The van der Waals surface area contributed by atoms with Gasteiger partial charge in [0.2, 0.25) is 11.8 Å². The minimum Gasteiger partial charge on any atom is -0.389 e. The van der Waals surface area contributed by atoms with Gasteiger partial charge < -0.3 is 29.5 Å². The summed E-state index contributed by atoms with van der Waals surface area (Å²) >= 11 is 0. The Bertz CT molecular complexity index is 510. The second kappa shape index (κ2) is 9.82. The van der Waals surface area contributed by atoms with Gasteiger partial charge in [-0.25, -0.2) is 0 Å². The Morgan fingerprint density at radius 2 is 1.89 bits per heavy atom. The summed E-state index contributed by atoms with van der Waals surface area (Å²) in [4.78, 5) is 26.9. The molecule has 3 saturated heterocycles. The standard InChI is InChI=1S/C19H32N2O6/c1-2-20-18(23)9-15-3-4-16-17(27-15)12-26-11-14(22)10-21(16)19(24)13-5-7-25-8-6-13/h13-17,22H,2-12H2,1H3,(H,20,23)/t14-,15+,16-,17+/m0/s1. The monoisotopic (exact) mass is 384 g/mol. The molecule has 0 unspecified atom stereocenters. The smallest absolute Gasteiger partial charge is 0.226 e. The summed E-state index contributed by atoms with van der Waals surface area (Å²) in [6.45, 7) is 4.48. The number of aliphatic hydroxyl groups is 1. The van der Waals surface area contributed by atoms with Crippen LogP contribution in [0, 0.1) is 5.92 Å². The lowest BCUT2D eigenvalue weighted by molar-refractivity contribution is -0.173. The summed E-state index contributed by atoms with van der Waals surface area (Å²) < 4.78 is 17.1. The van der Waals surface area contributed by atoms with E-state index in [1.165, 1.54) is 0 Å². The van der Waals surface area contributed by atoms with Crippen LogP contribution in [0.15, 0.2) is 0 Å². The van der Waals surface area contributed by atoms with E-state index in [0.717, 1.165) is 19.3 Å². The van der Waals surface area contributed by atoms with Crippen molar-refractivity contribution in [3.63, 3.8) is 0 Å². The highest BCUT2D eigenvalue weighted by molar-refractivity contribution is 5.79. The van der Waals surface area contributed by atoms with E-state index in [0.29, 0.717) is 39.2 Å².